The van der Waals surface area contributed by atoms with Crippen molar-refractivity contribution in [2.45, 2.75) is 6.92 Å². The van der Waals surface area contributed by atoms with E-state index in [9.17, 15) is 14.9 Å². The summed E-state index contributed by atoms with van der Waals surface area (Å²) in [6.45, 7) is 2.07. The van der Waals surface area contributed by atoms with Gasteiger partial charge in [-0.2, -0.15) is 5.01 Å². The molecule has 0 radical (unpaired) electrons. The summed E-state index contributed by atoms with van der Waals surface area (Å²) in [6.07, 6.45) is 1.59. The number of hydrazone groups is 1. The Morgan fingerprint density at radius 3 is 2.26 bits per heavy atom. The third kappa shape index (κ3) is 4.13. The van der Waals surface area contributed by atoms with Crippen LogP contribution in [0, 0.1) is 10.1 Å². The molecule has 2 aromatic rings. The molecule has 2 aromatic carbocycles. The molecule has 0 fully saturated rings. The fraction of sp³-hybridized carbons (Fsp3) is 0.238. The van der Waals surface area contributed by atoms with Crippen molar-refractivity contribution < 1.29 is 28.7 Å². The molecule has 0 saturated heterocycles. The molecule has 0 aromatic heterocycles. The molecule has 10 heteroatoms. The fourth-order valence-electron chi connectivity index (χ4n) is 3.05. The molecule has 0 unspecified atom stereocenters. The number of hydrogen-bond donors (Lipinski definition) is 0. The smallest absolute Gasteiger partial charge is 0.284 e. The number of benzene rings is 2. The van der Waals surface area contributed by atoms with Crippen LogP contribution >= 0.6 is 0 Å². The van der Waals surface area contributed by atoms with Crippen LogP contribution in [-0.2, 0) is 9.53 Å². The number of hydrogen-bond acceptors (Lipinski definition) is 8. The maximum atomic E-state index is 13.1. The Balaban J connectivity index is 2.05. The van der Waals surface area contributed by atoms with E-state index in [0.29, 0.717) is 35.1 Å². The maximum Gasteiger partial charge on any atom is 0.284 e. The van der Waals surface area contributed by atoms with Gasteiger partial charge in [0.05, 0.1) is 38.5 Å². The molecule has 0 bridgehead atoms. The number of nitro benzene ring substituents is 1. The lowest BCUT2D eigenvalue weighted by atomic mass is 10.1. The molecule has 1 aliphatic rings. The van der Waals surface area contributed by atoms with Crippen LogP contribution in [0.1, 0.15) is 12.5 Å². The SMILES string of the molecule is CCOC1=NN(c2ccc([N+](=O)[O-])cc2)C(=O)/C1=C\c1ccc(OC)c(OC)c1OC. The first kappa shape index (κ1) is 21.6. The Kier molecular flexibility index (Phi) is 6.39. The van der Waals surface area contributed by atoms with E-state index in [1.807, 2.05) is 0 Å². The highest BCUT2D eigenvalue weighted by molar-refractivity contribution is 6.30. The second kappa shape index (κ2) is 9.16. The number of amides is 1. The van der Waals surface area contributed by atoms with Gasteiger partial charge in [0.2, 0.25) is 11.6 Å². The molecule has 0 saturated carbocycles. The lowest BCUT2D eigenvalue weighted by molar-refractivity contribution is -0.384. The molecule has 0 atom stereocenters. The largest absolute Gasteiger partial charge is 0.493 e. The van der Waals surface area contributed by atoms with E-state index >= 15 is 0 Å². The van der Waals surface area contributed by atoms with E-state index in [0.717, 1.165) is 5.01 Å². The van der Waals surface area contributed by atoms with Gasteiger partial charge in [-0.15, -0.1) is 5.10 Å². The lowest BCUT2D eigenvalue weighted by Crippen LogP contribution is -2.21. The van der Waals surface area contributed by atoms with Crippen molar-refractivity contribution in [1.82, 2.24) is 0 Å². The molecule has 3 rings (SSSR count). The Labute approximate surface area is 178 Å². The third-order valence-corrected chi connectivity index (χ3v) is 4.46. The summed E-state index contributed by atoms with van der Waals surface area (Å²) in [5.74, 6) is 0.918. The number of anilines is 1. The molecule has 0 aliphatic carbocycles. The van der Waals surface area contributed by atoms with Crippen LogP contribution in [0.15, 0.2) is 47.1 Å². The monoisotopic (exact) mass is 427 g/mol. The van der Waals surface area contributed by atoms with Crippen LogP contribution < -0.4 is 19.2 Å². The van der Waals surface area contributed by atoms with Gasteiger partial charge in [0.25, 0.3) is 11.6 Å². The van der Waals surface area contributed by atoms with Gasteiger partial charge < -0.3 is 18.9 Å². The Morgan fingerprint density at radius 2 is 1.71 bits per heavy atom. The molecule has 1 amide bonds. The van der Waals surface area contributed by atoms with E-state index < -0.39 is 10.8 Å². The van der Waals surface area contributed by atoms with Crippen molar-refractivity contribution in [2.24, 2.45) is 5.10 Å². The van der Waals surface area contributed by atoms with Gasteiger partial charge in [-0.25, -0.2) is 0 Å². The average molecular weight is 427 g/mol. The highest BCUT2D eigenvalue weighted by atomic mass is 16.6. The molecule has 1 aliphatic heterocycles. The Hall–Kier alpha value is -4.08. The standard InChI is InChI=1S/C21H21N3O7/c1-5-31-20-16(12-13-6-11-17(28-2)19(30-4)18(13)29-3)21(25)23(22-20)14-7-9-15(10-8-14)24(26)27/h6-12H,5H2,1-4H3/b16-12-. The normalized spacial score (nSPS) is 14.5. The van der Waals surface area contributed by atoms with Crippen molar-refractivity contribution in [3.05, 3.63) is 57.6 Å². The van der Waals surface area contributed by atoms with E-state index in [2.05, 4.69) is 5.10 Å². The number of methoxy groups -OCH3 is 3. The molecular formula is C21H21N3O7. The minimum absolute atomic E-state index is 0.0877. The minimum Gasteiger partial charge on any atom is -0.493 e. The molecule has 0 N–H and O–H groups in total. The first-order valence-corrected chi connectivity index (χ1v) is 9.26. The number of rotatable bonds is 7. The van der Waals surface area contributed by atoms with Gasteiger partial charge in [-0.3, -0.25) is 14.9 Å². The van der Waals surface area contributed by atoms with E-state index in [1.165, 1.54) is 45.6 Å². The van der Waals surface area contributed by atoms with Crippen LogP contribution in [-0.4, -0.2) is 44.7 Å². The highest BCUT2D eigenvalue weighted by Crippen LogP contribution is 2.41. The molecule has 0 spiro atoms. The molecule has 10 nitrogen and oxygen atoms in total. The summed E-state index contributed by atoms with van der Waals surface area (Å²) >= 11 is 0. The van der Waals surface area contributed by atoms with Crippen molar-refractivity contribution in [1.29, 1.82) is 0 Å². The van der Waals surface area contributed by atoms with E-state index in [4.69, 9.17) is 18.9 Å². The summed E-state index contributed by atoms with van der Waals surface area (Å²) in [6, 6.07) is 8.92. The first-order valence-electron chi connectivity index (χ1n) is 9.26. The topological polar surface area (TPSA) is 113 Å². The number of non-ortho nitro benzene ring substituents is 1. The van der Waals surface area contributed by atoms with Crippen molar-refractivity contribution >= 4 is 29.3 Å². The molecular weight excluding hydrogens is 406 g/mol. The van der Waals surface area contributed by atoms with Gasteiger partial charge in [-0.1, -0.05) is 0 Å². The fourth-order valence-corrected chi connectivity index (χ4v) is 3.05. The molecule has 162 valence electrons. The van der Waals surface area contributed by atoms with Gasteiger partial charge in [0.1, 0.15) is 5.57 Å². The average Bonchev–Trinajstić information content (AvgIpc) is 3.08. The third-order valence-electron chi connectivity index (χ3n) is 4.46. The number of ether oxygens (including phenoxy) is 4. The Morgan fingerprint density at radius 1 is 1.03 bits per heavy atom. The summed E-state index contributed by atoms with van der Waals surface area (Å²) in [5.41, 5.74) is 1.04. The van der Waals surface area contributed by atoms with Gasteiger partial charge in [-0.05, 0) is 37.3 Å². The van der Waals surface area contributed by atoms with Crippen LogP contribution in [0.5, 0.6) is 17.2 Å². The second-order valence-corrected chi connectivity index (χ2v) is 6.21. The van der Waals surface area contributed by atoms with Gasteiger partial charge in [0.15, 0.2) is 11.5 Å². The Bertz CT molecular complexity index is 1060. The quantitative estimate of drug-likeness (QED) is 0.378. The van der Waals surface area contributed by atoms with Crippen molar-refractivity contribution in [3.8, 4) is 17.2 Å². The predicted octanol–water partition coefficient (Wildman–Crippen LogP) is 3.40. The van der Waals surface area contributed by atoms with Crippen LogP contribution in [0.3, 0.4) is 0 Å². The summed E-state index contributed by atoms with van der Waals surface area (Å²) < 4.78 is 21.7. The maximum absolute atomic E-state index is 13.1. The number of carbonyl (C=O) groups excluding carboxylic acids is 1. The molecule has 31 heavy (non-hydrogen) atoms. The van der Waals surface area contributed by atoms with Crippen molar-refractivity contribution in [3.63, 3.8) is 0 Å². The zero-order chi connectivity index (χ0) is 22.5. The minimum atomic E-state index is -0.515. The first-order chi connectivity index (χ1) is 14.9. The summed E-state index contributed by atoms with van der Waals surface area (Å²) in [4.78, 5) is 23.5. The lowest BCUT2D eigenvalue weighted by Gasteiger charge is -2.14. The van der Waals surface area contributed by atoms with E-state index in [1.54, 1.807) is 25.1 Å². The van der Waals surface area contributed by atoms with Crippen molar-refractivity contribution in [2.75, 3.05) is 32.9 Å². The summed E-state index contributed by atoms with van der Waals surface area (Å²) in [7, 11) is 4.48. The van der Waals surface area contributed by atoms with Crippen LogP contribution in [0.2, 0.25) is 0 Å². The number of nitro groups is 1. The second-order valence-electron chi connectivity index (χ2n) is 6.21. The zero-order valence-electron chi connectivity index (χ0n) is 17.4. The predicted molar refractivity (Wildman–Crippen MR) is 114 cm³/mol. The number of nitrogens with zero attached hydrogens (tertiary/aromatic N) is 3. The highest BCUT2D eigenvalue weighted by Gasteiger charge is 2.33. The number of carbonyl (C=O) groups is 1. The summed E-state index contributed by atoms with van der Waals surface area (Å²) in [5, 5.41) is 16.3. The molecule has 1 heterocycles. The van der Waals surface area contributed by atoms with Gasteiger partial charge in [0, 0.05) is 17.7 Å². The van der Waals surface area contributed by atoms with Gasteiger partial charge >= 0.3 is 0 Å². The van der Waals surface area contributed by atoms with Crippen LogP contribution in [0.4, 0.5) is 11.4 Å². The zero-order valence-corrected chi connectivity index (χ0v) is 17.4. The van der Waals surface area contributed by atoms with Crippen LogP contribution in [0.25, 0.3) is 6.08 Å². The van der Waals surface area contributed by atoms with E-state index in [-0.39, 0.29) is 17.2 Å².